The monoisotopic (exact) mass is 256 g/mol. The van der Waals surface area contributed by atoms with Gasteiger partial charge in [0, 0.05) is 12.5 Å². The molecule has 6 heteroatoms. The summed E-state index contributed by atoms with van der Waals surface area (Å²) >= 11 is 0. The molecule has 2 heterocycles. The van der Waals surface area contributed by atoms with Gasteiger partial charge in [0.15, 0.2) is 12.2 Å². The molecule has 0 N–H and O–H groups in total. The van der Waals surface area contributed by atoms with Crippen LogP contribution in [-0.2, 0) is 28.5 Å². The zero-order valence-corrected chi connectivity index (χ0v) is 10.4. The molecule has 100 valence electrons. The van der Waals surface area contributed by atoms with Crippen LogP contribution in [0.1, 0.15) is 13.8 Å². The van der Waals surface area contributed by atoms with Crippen molar-refractivity contribution in [2.24, 2.45) is 0 Å². The zero-order chi connectivity index (χ0) is 13.3. The molecular weight excluding hydrogens is 240 g/mol. The molecule has 0 aromatic rings. The fraction of sp³-hybridized carbons (Fsp3) is 0.667. The smallest absolute Gasteiger partial charge is 0.333 e. The van der Waals surface area contributed by atoms with Crippen molar-refractivity contribution in [3.05, 3.63) is 12.2 Å². The van der Waals surface area contributed by atoms with E-state index in [-0.39, 0.29) is 31.4 Å². The minimum atomic E-state index is -0.472. The fourth-order valence-corrected chi connectivity index (χ4v) is 2.08. The van der Waals surface area contributed by atoms with Gasteiger partial charge < -0.3 is 18.9 Å². The standard InChI is InChI=1S/C12H16O6/c1-6(2)12(14)18-9-5-16-10-8(17-7(3)13)4-15-11(9)10/h8-11H,1,4-5H2,2-3H3. The van der Waals surface area contributed by atoms with Crippen LogP contribution >= 0.6 is 0 Å². The highest BCUT2D eigenvalue weighted by Gasteiger charge is 2.50. The summed E-state index contributed by atoms with van der Waals surface area (Å²) in [5.74, 6) is -0.848. The summed E-state index contributed by atoms with van der Waals surface area (Å²) in [4.78, 5) is 22.3. The van der Waals surface area contributed by atoms with Crippen molar-refractivity contribution in [2.45, 2.75) is 38.3 Å². The molecule has 2 aliphatic heterocycles. The molecule has 2 rings (SSSR count). The quantitative estimate of drug-likeness (QED) is 0.531. The molecule has 2 saturated heterocycles. The van der Waals surface area contributed by atoms with Crippen molar-refractivity contribution in [2.75, 3.05) is 13.2 Å². The highest BCUT2D eigenvalue weighted by atomic mass is 16.7. The van der Waals surface area contributed by atoms with E-state index in [0.717, 1.165) is 0 Å². The Balaban J connectivity index is 1.94. The van der Waals surface area contributed by atoms with E-state index in [1.807, 2.05) is 0 Å². The predicted octanol–water partition coefficient (Wildman–Crippen LogP) is 0.204. The van der Waals surface area contributed by atoms with Crippen LogP contribution in [-0.4, -0.2) is 49.6 Å². The second-order valence-corrected chi connectivity index (χ2v) is 4.47. The van der Waals surface area contributed by atoms with E-state index in [1.54, 1.807) is 6.92 Å². The van der Waals surface area contributed by atoms with E-state index in [2.05, 4.69) is 6.58 Å². The van der Waals surface area contributed by atoms with Crippen molar-refractivity contribution in [1.82, 2.24) is 0 Å². The third-order valence-corrected chi connectivity index (χ3v) is 2.89. The molecule has 0 amide bonds. The number of hydrogen-bond donors (Lipinski definition) is 0. The van der Waals surface area contributed by atoms with Gasteiger partial charge in [0.05, 0.1) is 13.2 Å². The lowest BCUT2D eigenvalue weighted by Crippen LogP contribution is -2.35. The summed E-state index contributed by atoms with van der Waals surface area (Å²) in [6, 6.07) is 0. The van der Waals surface area contributed by atoms with Crippen LogP contribution in [0.15, 0.2) is 12.2 Å². The number of carbonyl (C=O) groups is 2. The van der Waals surface area contributed by atoms with Crippen LogP contribution in [0.2, 0.25) is 0 Å². The van der Waals surface area contributed by atoms with Gasteiger partial charge >= 0.3 is 11.9 Å². The van der Waals surface area contributed by atoms with Crippen molar-refractivity contribution in [3.8, 4) is 0 Å². The van der Waals surface area contributed by atoms with E-state index < -0.39 is 18.2 Å². The minimum Gasteiger partial charge on any atom is -0.457 e. The minimum absolute atomic E-state index is 0.242. The number of fused-ring (bicyclic) bond motifs is 1. The maximum Gasteiger partial charge on any atom is 0.333 e. The number of hydrogen-bond acceptors (Lipinski definition) is 6. The Labute approximate surface area is 105 Å². The molecule has 0 aromatic heterocycles. The first-order valence-electron chi connectivity index (χ1n) is 5.76. The normalized spacial score (nSPS) is 33.9. The van der Waals surface area contributed by atoms with Gasteiger partial charge in [-0.05, 0) is 6.92 Å². The van der Waals surface area contributed by atoms with E-state index in [9.17, 15) is 9.59 Å². The molecule has 0 saturated carbocycles. The van der Waals surface area contributed by atoms with E-state index in [1.165, 1.54) is 6.92 Å². The first-order chi connectivity index (χ1) is 8.49. The summed E-state index contributed by atoms with van der Waals surface area (Å²) in [5.41, 5.74) is 0.327. The number of rotatable bonds is 3. The molecule has 4 atom stereocenters. The Morgan fingerprint density at radius 2 is 1.56 bits per heavy atom. The van der Waals surface area contributed by atoms with Gasteiger partial charge in [0.25, 0.3) is 0 Å². The number of esters is 2. The average Bonchev–Trinajstić information content (AvgIpc) is 2.82. The third-order valence-electron chi connectivity index (χ3n) is 2.89. The van der Waals surface area contributed by atoms with Crippen LogP contribution in [0.25, 0.3) is 0 Å². The van der Waals surface area contributed by atoms with Gasteiger partial charge in [-0.1, -0.05) is 6.58 Å². The van der Waals surface area contributed by atoms with Crippen LogP contribution in [0.3, 0.4) is 0 Å². The molecule has 0 radical (unpaired) electrons. The first kappa shape index (κ1) is 13.0. The van der Waals surface area contributed by atoms with Crippen molar-refractivity contribution < 1.29 is 28.5 Å². The topological polar surface area (TPSA) is 71.1 Å². The van der Waals surface area contributed by atoms with E-state index >= 15 is 0 Å². The highest BCUT2D eigenvalue weighted by Crippen LogP contribution is 2.30. The fourth-order valence-electron chi connectivity index (χ4n) is 2.08. The molecule has 0 aliphatic carbocycles. The van der Waals surface area contributed by atoms with E-state index in [4.69, 9.17) is 18.9 Å². The van der Waals surface area contributed by atoms with Gasteiger partial charge in [-0.15, -0.1) is 0 Å². The van der Waals surface area contributed by atoms with Crippen molar-refractivity contribution in [1.29, 1.82) is 0 Å². The summed E-state index contributed by atoms with van der Waals surface area (Å²) in [5, 5.41) is 0. The zero-order valence-electron chi connectivity index (χ0n) is 10.4. The molecular formula is C12H16O6. The lowest BCUT2D eigenvalue weighted by molar-refractivity contribution is -0.151. The first-order valence-corrected chi connectivity index (χ1v) is 5.76. The molecule has 0 bridgehead atoms. The van der Waals surface area contributed by atoms with Gasteiger partial charge in [-0.2, -0.15) is 0 Å². The maximum atomic E-state index is 11.4. The Bertz CT molecular complexity index is 377. The van der Waals surface area contributed by atoms with Gasteiger partial charge in [0.1, 0.15) is 12.2 Å². The lowest BCUT2D eigenvalue weighted by Gasteiger charge is -2.16. The maximum absolute atomic E-state index is 11.4. The predicted molar refractivity (Wildman–Crippen MR) is 59.7 cm³/mol. The molecule has 2 aliphatic rings. The number of carbonyl (C=O) groups excluding carboxylic acids is 2. The molecule has 0 spiro atoms. The van der Waals surface area contributed by atoms with Crippen LogP contribution in [0.5, 0.6) is 0 Å². The molecule has 2 fully saturated rings. The second kappa shape index (κ2) is 5.07. The summed E-state index contributed by atoms with van der Waals surface area (Å²) in [7, 11) is 0. The lowest BCUT2D eigenvalue weighted by atomic mass is 10.1. The molecule has 6 nitrogen and oxygen atoms in total. The Morgan fingerprint density at radius 3 is 2.00 bits per heavy atom. The SMILES string of the molecule is C=C(C)C(=O)OC1COC2C(OC(C)=O)COC12. The van der Waals surface area contributed by atoms with Gasteiger partial charge in [-0.25, -0.2) is 4.79 Å². The Morgan fingerprint density at radius 1 is 1.06 bits per heavy atom. The Hall–Kier alpha value is -1.40. The van der Waals surface area contributed by atoms with Crippen LogP contribution in [0, 0.1) is 0 Å². The largest absolute Gasteiger partial charge is 0.457 e. The average molecular weight is 256 g/mol. The van der Waals surface area contributed by atoms with E-state index in [0.29, 0.717) is 5.57 Å². The molecule has 18 heavy (non-hydrogen) atoms. The summed E-state index contributed by atoms with van der Waals surface area (Å²) in [6.07, 6.45) is -1.64. The molecule has 0 aromatic carbocycles. The Kier molecular flexibility index (Phi) is 3.68. The van der Waals surface area contributed by atoms with Crippen LogP contribution in [0.4, 0.5) is 0 Å². The van der Waals surface area contributed by atoms with Gasteiger partial charge in [0.2, 0.25) is 0 Å². The third kappa shape index (κ3) is 2.54. The molecule has 4 unspecified atom stereocenters. The summed E-state index contributed by atoms with van der Waals surface area (Å²) in [6.45, 7) is 6.92. The summed E-state index contributed by atoms with van der Waals surface area (Å²) < 4.78 is 21.2. The van der Waals surface area contributed by atoms with Crippen molar-refractivity contribution >= 4 is 11.9 Å². The number of ether oxygens (including phenoxy) is 4. The highest BCUT2D eigenvalue weighted by molar-refractivity contribution is 5.87. The van der Waals surface area contributed by atoms with Gasteiger partial charge in [-0.3, -0.25) is 4.79 Å². The van der Waals surface area contributed by atoms with Crippen molar-refractivity contribution in [3.63, 3.8) is 0 Å². The second-order valence-electron chi connectivity index (χ2n) is 4.47. The van der Waals surface area contributed by atoms with Crippen LogP contribution < -0.4 is 0 Å².